The molecule has 0 aliphatic carbocycles. The number of para-hydroxylation sites is 1. The van der Waals surface area contributed by atoms with Crippen molar-refractivity contribution in [1.82, 2.24) is 4.57 Å². The number of esters is 1. The molecule has 0 bridgehead atoms. The number of pyridine rings is 1. The van der Waals surface area contributed by atoms with Gasteiger partial charge in [-0.2, -0.15) is 0 Å². The molecule has 4 aromatic rings. The van der Waals surface area contributed by atoms with Crippen LogP contribution in [-0.4, -0.2) is 17.6 Å². The van der Waals surface area contributed by atoms with E-state index < -0.39 is 5.92 Å². The standard InChI is InChI=1S/C28H25NO5/c1-17-8-4-5-9-19(17)16-33-23-13-12-18(14-24(23)32-3)21-15-25(30)34-27-20-10-6-7-11-22(20)29(2)28(31)26(21)27/h4-14,21H,15-16H2,1-3H3. The predicted molar refractivity (Wildman–Crippen MR) is 130 cm³/mol. The normalized spacial score (nSPS) is 15.0. The highest BCUT2D eigenvalue weighted by molar-refractivity contribution is 5.91. The molecule has 3 aromatic carbocycles. The molecule has 1 aromatic heterocycles. The Morgan fingerprint density at radius 1 is 1.00 bits per heavy atom. The molecule has 0 fully saturated rings. The zero-order valence-corrected chi connectivity index (χ0v) is 19.3. The molecule has 0 amide bonds. The van der Waals surface area contributed by atoms with Crippen LogP contribution in [0.2, 0.25) is 0 Å². The Morgan fingerprint density at radius 2 is 1.76 bits per heavy atom. The van der Waals surface area contributed by atoms with Crippen molar-refractivity contribution in [3.63, 3.8) is 0 Å². The lowest BCUT2D eigenvalue weighted by molar-refractivity contribution is -0.135. The Kier molecular flexibility index (Phi) is 5.57. The maximum Gasteiger partial charge on any atom is 0.312 e. The summed E-state index contributed by atoms with van der Waals surface area (Å²) in [6, 6.07) is 21.0. The third-order valence-electron chi connectivity index (χ3n) is 6.46. The first kappa shape index (κ1) is 21.8. The second-order valence-corrected chi connectivity index (χ2v) is 8.48. The number of aryl methyl sites for hydroxylation is 2. The first-order chi connectivity index (χ1) is 16.5. The number of ether oxygens (including phenoxy) is 3. The highest BCUT2D eigenvalue weighted by atomic mass is 16.5. The zero-order valence-electron chi connectivity index (χ0n) is 19.3. The van der Waals surface area contributed by atoms with Crippen molar-refractivity contribution in [1.29, 1.82) is 0 Å². The third kappa shape index (κ3) is 3.71. The van der Waals surface area contributed by atoms with Crippen molar-refractivity contribution in [2.45, 2.75) is 25.9 Å². The summed E-state index contributed by atoms with van der Waals surface area (Å²) in [5.41, 5.74) is 4.07. The van der Waals surface area contributed by atoms with Crippen molar-refractivity contribution in [3.8, 4) is 17.2 Å². The lowest BCUT2D eigenvalue weighted by Gasteiger charge is -2.26. The molecule has 172 valence electrons. The summed E-state index contributed by atoms with van der Waals surface area (Å²) in [5, 5.41) is 0.739. The Labute approximate surface area is 197 Å². The van der Waals surface area contributed by atoms with E-state index in [0.717, 1.165) is 27.6 Å². The molecule has 1 aliphatic heterocycles. The number of aromatic nitrogens is 1. The minimum atomic E-state index is -0.445. The number of fused-ring (bicyclic) bond motifs is 3. The summed E-state index contributed by atoms with van der Waals surface area (Å²) in [5.74, 6) is 0.677. The first-order valence-electron chi connectivity index (χ1n) is 11.2. The fourth-order valence-electron chi connectivity index (χ4n) is 4.56. The van der Waals surface area contributed by atoms with E-state index in [4.69, 9.17) is 14.2 Å². The molecular formula is C28H25NO5. The summed E-state index contributed by atoms with van der Waals surface area (Å²) in [7, 11) is 3.32. The van der Waals surface area contributed by atoms with E-state index in [9.17, 15) is 9.59 Å². The van der Waals surface area contributed by atoms with Crippen LogP contribution in [0.15, 0.2) is 71.5 Å². The SMILES string of the molecule is COc1cc(C2CC(=O)Oc3c2c(=O)n(C)c2ccccc32)ccc1OCc1ccccc1C. The molecule has 2 heterocycles. The number of nitrogens with zero attached hydrogens (tertiary/aromatic N) is 1. The van der Waals surface area contributed by atoms with Gasteiger partial charge in [-0.05, 0) is 47.9 Å². The van der Waals surface area contributed by atoms with E-state index in [1.54, 1.807) is 18.7 Å². The number of benzene rings is 3. The van der Waals surface area contributed by atoms with Gasteiger partial charge in [-0.1, -0.05) is 42.5 Å². The average Bonchev–Trinajstić information content (AvgIpc) is 2.86. The van der Waals surface area contributed by atoms with E-state index in [1.165, 1.54) is 0 Å². The summed E-state index contributed by atoms with van der Waals surface area (Å²) in [6.07, 6.45) is 0.0765. The van der Waals surface area contributed by atoms with Gasteiger partial charge < -0.3 is 18.8 Å². The molecular weight excluding hydrogens is 430 g/mol. The fraction of sp³-hybridized carbons (Fsp3) is 0.214. The van der Waals surface area contributed by atoms with Crippen LogP contribution in [0.4, 0.5) is 0 Å². The minimum absolute atomic E-state index is 0.0765. The van der Waals surface area contributed by atoms with Crippen LogP contribution in [-0.2, 0) is 18.4 Å². The maximum atomic E-state index is 13.3. The molecule has 5 rings (SSSR count). The highest BCUT2D eigenvalue weighted by Crippen LogP contribution is 2.42. The Balaban J connectivity index is 1.55. The van der Waals surface area contributed by atoms with Gasteiger partial charge in [-0.3, -0.25) is 9.59 Å². The van der Waals surface area contributed by atoms with E-state index in [0.29, 0.717) is 29.4 Å². The number of carbonyl (C=O) groups is 1. The molecule has 34 heavy (non-hydrogen) atoms. The van der Waals surface area contributed by atoms with Gasteiger partial charge in [0.1, 0.15) is 12.4 Å². The van der Waals surface area contributed by atoms with Crippen molar-refractivity contribution >= 4 is 16.9 Å². The first-order valence-corrected chi connectivity index (χ1v) is 11.2. The van der Waals surface area contributed by atoms with Crippen LogP contribution in [0.1, 0.15) is 34.6 Å². The summed E-state index contributed by atoms with van der Waals surface area (Å²) in [6.45, 7) is 2.45. The van der Waals surface area contributed by atoms with Crippen molar-refractivity contribution in [3.05, 3.63) is 99.3 Å². The largest absolute Gasteiger partial charge is 0.493 e. The van der Waals surface area contributed by atoms with Crippen LogP contribution in [0.5, 0.6) is 17.2 Å². The van der Waals surface area contributed by atoms with Crippen LogP contribution < -0.4 is 19.8 Å². The van der Waals surface area contributed by atoms with Gasteiger partial charge in [-0.25, -0.2) is 0 Å². The van der Waals surface area contributed by atoms with Gasteiger partial charge in [0.05, 0.1) is 24.6 Å². The van der Waals surface area contributed by atoms with Crippen LogP contribution >= 0.6 is 0 Å². The van der Waals surface area contributed by atoms with E-state index in [-0.39, 0.29) is 17.9 Å². The predicted octanol–water partition coefficient (Wildman–Crippen LogP) is 4.88. The van der Waals surface area contributed by atoms with Crippen molar-refractivity contribution < 1.29 is 19.0 Å². The van der Waals surface area contributed by atoms with Gasteiger partial charge in [0.15, 0.2) is 11.5 Å². The second-order valence-electron chi connectivity index (χ2n) is 8.48. The second kappa shape index (κ2) is 8.71. The summed E-state index contributed by atoms with van der Waals surface area (Å²) in [4.78, 5) is 25.9. The number of carbonyl (C=O) groups excluding carboxylic acids is 1. The topological polar surface area (TPSA) is 66.8 Å². The van der Waals surface area contributed by atoms with Crippen molar-refractivity contribution in [2.24, 2.45) is 7.05 Å². The summed E-state index contributed by atoms with van der Waals surface area (Å²) >= 11 is 0. The van der Waals surface area contributed by atoms with Crippen LogP contribution in [0.25, 0.3) is 10.9 Å². The summed E-state index contributed by atoms with van der Waals surface area (Å²) < 4.78 is 18.9. The number of hydrogen-bond acceptors (Lipinski definition) is 5. The molecule has 1 aliphatic rings. The number of rotatable bonds is 5. The smallest absolute Gasteiger partial charge is 0.312 e. The molecule has 0 saturated heterocycles. The van der Waals surface area contributed by atoms with E-state index >= 15 is 0 Å². The molecule has 6 nitrogen and oxygen atoms in total. The molecule has 0 N–H and O–H groups in total. The van der Waals surface area contributed by atoms with E-state index in [2.05, 4.69) is 0 Å². The number of methoxy groups -OCH3 is 1. The highest BCUT2D eigenvalue weighted by Gasteiger charge is 2.34. The average molecular weight is 456 g/mol. The van der Waals surface area contributed by atoms with Gasteiger partial charge in [0, 0.05) is 18.4 Å². The Morgan fingerprint density at radius 3 is 2.56 bits per heavy atom. The molecule has 0 radical (unpaired) electrons. The molecule has 1 unspecified atom stereocenters. The Hall–Kier alpha value is -4.06. The quantitative estimate of drug-likeness (QED) is 0.402. The molecule has 0 spiro atoms. The van der Waals surface area contributed by atoms with Gasteiger partial charge in [0.2, 0.25) is 0 Å². The lowest BCUT2D eigenvalue weighted by Crippen LogP contribution is -2.31. The number of hydrogen-bond donors (Lipinski definition) is 0. The molecule has 0 saturated carbocycles. The maximum absolute atomic E-state index is 13.3. The molecule has 1 atom stereocenters. The van der Waals surface area contributed by atoms with Crippen LogP contribution in [0.3, 0.4) is 0 Å². The Bertz CT molecular complexity index is 1470. The lowest BCUT2D eigenvalue weighted by atomic mass is 9.86. The van der Waals surface area contributed by atoms with E-state index in [1.807, 2.05) is 73.7 Å². The molecule has 6 heteroatoms. The zero-order chi connectivity index (χ0) is 23.8. The van der Waals surface area contributed by atoms with Gasteiger partial charge in [-0.15, -0.1) is 0 Å². The van der Waals surface area contributed by atoms with Gasteiger partial charge in [0.25, 0.3) is 5.56 Å². The van der Waals surface area contributed by atoms with Crippen LogP contribution in [0, 0.1) is 6.92 Å². The van der Waals surface area contributed by atoms with Crippen molar-refractivity contribution in [2.75, 3.05) is 7.11 Å². The minimum Gasteiger partial charge on any atom is -0.493 e. The van der Waals surface area contributed by atoms with Gasteiger partial charge >= 0.3 is 5.97 Å². The third-order valence-corrected chi connectivity index (χ3v) is 6.46. The monoisotopic (exact) mass is 455 g/mol. The fourth-order valence-corrected chi connectivity index (χ4v) is 4.56.